The lowest BCUT2D eigenvalue weighted by molar-refractivity contribution is 0.186. The molecule has 1 fully saturated rings. The van der Waals surface area contributed by atoms with Crippen molar-refractivity contribution in [2.24, 2.45) is 0 Å². The van der Waals surface area contributed by atoms with Crippen molar-refractivity contribution in [1.29, 1.82) is 0 Å². The van der Waals surface area contributed by atoms with Crippen molar-refractivity contribution in [3.63, 3.8) is 0 Å². The van der Waals surface area contributed by atoms with E-state index in [1.807, 2.05) is 34.5 Å². The van der Waals surface area contributed by atoms with Crippen LogP contribution >= 0.6 is 0 Å². The molecule has 2 radical (unpaired) electrons. The Kier molecular flexibility index (Phi) is 4.73. The zero-order chi connectivity index (χ0) is 16.4. The molecule has 3 rings (SSSR count). The predicted octanol–water partition coefficient (Wildman–Crippen LogP) is 1.02. The molecule has 0 spiro atoms. The summed E-state index contributed by atoms with van der Waals surface area (Å²) in [6, 6.07) is 7.62. The van der Waals surface area contributed by atoms with Gasteiger partial charge in [0, 0.05) is 43.7 Å². The molecule has 5 nitrogen and oxygen atoms in total. The van der Waals surface area contributed by atoms with E-state index in [0.717, 1.165) is 54.9 Å². The molecule has 0 atom stereocenters. The number of pyridine rings is 1. The molecule has 0 N–H and O–H groups in total. The molecular weight excluding hydrogens is 289 g/mol. The van der Waals surface area contributed by atoms with Gasteiger partial charge in [0.2, 0.25) is 0 Å². The molecule has 2 aromatic rings. The van der Waals surface area contributed by atoms with E-state index in [9.17, 15) is 4.79 Å². The molecule has 120 valence electrons. The van der Waals surface area contributed by atoms with Crippen LogP contribution in [0, 0.1) is 6.92 Å². The summed E-state index contributed by atoms with van der Waals surface area (Å²) in [5.74, 6) is 0.771. The van der Waals surface area contributed by atoms with E-state index < -0.39 is 0 Å². The molecule has 0 unspecified atom stereocenters. The molecule has 0 aliphatic carbocycles. The summed E-state index contributed by atoms with van der Waals surface area (Å²) >= 11 is 0. The number of aryl methyl sites for hydroxylation is 1. The second kappa shape index (κ2) is 6.77. The number of hydrogen-bond donors (Lipinski definition) is 0. The van der Waals surface area contributed by atoms with Gasteiger partial charge in [0.15, 0.2) is 7.98 Å². The summed E-state index contributed by atoms with van der Waals surface area (Å²) in [6.07, 6.45) is 0. The first kappa shape index (κ1) is 16.1. The largest absolute Gasteiger partial charge is 0.497 e. The molecule has 6 heteroatoms. The fourth-order valence-corrected chi connectivity index (χ4v) is 3.11. The lowest BCUT2D eigenvalue weighted by Crippen LogP contribution is -2.46. The molecule has 1 aromatic carbocycles. The van der Waals surface area contributed by atoms with Crippen LogP contribution in [0.3, 0.4) is 0 Å². The molecule has 0 bridgehead atoms. The summed E-state index contributed by atoms with van der Waals surface area (Å²) in [4.78, 5) is 16.6. The van der Waals surface area contributed by atoms with Crippen molar-refractivity contribution >= 4 is 18.9 Å². The van der Waals surface area contributed by atoms with E-state index in [-0.39, 0.29) is 5.56 Å². The maximum Gasteiger partial charge on any atom is 0.251 e. The van der Waals surface area contributed by atoms with Crippen molar-refractivity contribution in [2.45, 2.75) is 13.5 Å². The summed E-state index contributed by atoms with van der Waals surface area (Å²) < 4.78 is 7.16. The highest BCUT2D eigenvalue weighted by molar-refractivity contribution is 6.04. The number of benzene rings is 1. The first-order valence-electron chi connectivity index (χ1n) is 7.98. The fourth-order valence-electron chi connectivity index (χ4n) is 3.11. The van der Waals surface area contributed by atoms with Crippen LogP contribution in [0.15, 0.2) is 29.1 Å². The van der Waals surface area contributed by atoms with Crippen molar-refractivity contribution in [3.8, 4) is 5.75 Å². The van der Waals surface area contributed by atoms with Gasteiger partial charge in [0.1, 0.15) is 5.75 Å². The van der Waals surface area contributed by atoms with Gasteiger partial charge < -0.3 is 14.1 Å². The summed E-state index contributed by atoms with van der Waals surface area (Å²) in [7, 11) is 7.43. The van der Waals surface area contributed by atoms with E-state index in [0.29, 0.717) is 6.54 Å². The normalized spacial score (nSPS) is 16.8. The highest BCUT2D eigenvalue weighted by Crippen LogP contribution is 2.22. The Hall–Kier alpha value is -1.79. The quantitative estimate of drug-likeness (QED) is 0.790. The van der Waals surface area contributed by atoms with Gasteiger partial charge in [-0.3, -0.25) is 9.69 Å². The number of aromatic nitrogens is 1. The number of fused-ring (bicyclic) bond motifs is 1. The minimum atomic E-state index is 0.0423. The van der Waals surface area contributed by atoms with Crippen LogP contribution in [0.1, 0.15) is 5.56 Å². The standard InChI is InChI=1S/C17H22BN3O2/c1-13-11-17(22)21(10-7-19-5-8-20(18)9-6-19)16-12-14(23-2)3-4-15(13)16/h3-4,11-12H,5-10H2,1-2H3. The smallest absolute Gasteiger partial charge is 0.251 e. The highest BCUT2D eigenvalue weighted by atomic mass is 16.5. The van der Waals surface area contributed by atoms with Gasteiger partial charge in [-0.2, -0.15) is 0 Å². The summed E-state index contributed by atoms with van der Waals surface area (Å²) in [5.41, 5.74) is 1.98. The van der Waals surface area contributed by atoms with Gasteiger partial charge in [-0.1, -0.05) is 0 Å². The van der Waals surface area contributed by atoms with E-state index in [4.69, 9.17) is 12.7 Å². The van der Waals surface area contributed by atoms with E-state index in [2.05, 4.69) is 4.90 Å². The van der Waals surface area contributed by atoms with Crippen LogP contribution in [-0.2, 0) is 6.54 Å². The minimum absolute atomic E-state index is 0.0423. The van der Waals surface area contributed by atoms with Gasteiger partial charge in [-0.15, -0.1) is 0 Å². The van der Waals surface area contributed by atoms with E-state index in [1.165, 1.54) is 0 Å². The number of hydrogen-bond acceptors (Lipinski definition) is 4. The number of nitrogens with zero attached hydrogens (tertiary/aromatic N) is 3. The molecule has 1 aliphatic heterocycles. The van der Waals surface area contributed by atoms with Crippen LogP contribution in [-0.4, -0.2) is 62.1 Å². The summed E-state index contributed by atoms with van der Waals surface area (Å²) in [5, 5.41) is 1.09. The van der Waals surface area contributed by atoms with Crippen LogP contribution in [0.25, 0.3) is 10.9 Å². The Morgan fingerprint density at radius 1 is 1.13 bits per heavy atom. The van der Waals surface area contributed by atoms with Gasteiger partial charge in [0.05, 0.1) is 12.6 Å². The van der Waals surface area contributed by atoms with Crippen molar-refractivity contribution < 1.29 is 4.74 Å². The third-order valence-electron chi connectivity index (χ3n) is 4.57. The van der Waals surface area contributed by atoms with Crippen LogP contribution in [0.5, 0.6) is 5.75 Å². The van der Waals surface area contributed by atoms with Crippen LogP contribution in [0.2, 0.25) is 0 Å². The molecule has 23 heavy (non-hydrogen) atoms. The molecule has 2 heterocycles. The third kappa shape index (κ3) is 3.43. The second-order valence-corrected chi connectivity index (χ2v) is 6.08. The Morgan fingerprint density at radius 3 is 2.57 bits per heavy atom. The lowest BCUT2D eigenvalue weighted by atomic mass is 10.1. The first-order chi connectivity index (χ1) is 11.1. The topological polar surface area (TPSA) is 37.7 Å². The van der Waals surface area contributed by atoms with Gasteiger partial charge in [-0.05, 0) is 37.7 Å². The molecule has 1 aromatic heterocycles. The molecular formula is C17H22BN3O2. The number of ether oxygens (including phenoxy) is 1. The van der Waals surface area contributed by atoms with E-state index >= 15 is 0 Å². The van der Waals surface area contributed by atoms with E-state index in [1.54, 1.807) is 13.2 Å². The SMILES string of the molecule is [B]N1CCN(CCn2c(=O)cc(C)c3ccc(OC)cc32)CC1. The number of methoxy groups -OCH3 is 1. The van der Waals surface area contributed by atoms with Gasteiger partial charge in [-0.25, -0.2) is 0 Å². The van der Waals surface area contributed by atoms with Crippen LogP contribution in [0.4, 0.5) is 0 Å². The maximum absolute atomic E-state index is 12.5. The molecule has 1 aliphatic rings. The van der Waals surface area contributed by atoms with Gasteiger partial charge >= 0.3 is 0 Å². The lowest BCUT2D eigenvalue weighted by Gasteiger charge is -2.33. The molecule has 0 amide bonds. The average molecular weight is 311 g/mol. The zero-order valence-corrected chi connectivity index (χ0v) is 13.8. The first-order valence-corrected chi connectivity index (χ1v) is 7.98. The van der Waals surface area contributed by atoms with Crippen molar-refractivity contribution in [2.75, 3.05) is 39.8 Å². The Morgan fingerprint density at radius 2 is 1.87 bits per heavy atom. The minimum Gasteiger partial charge on any atom is -0.497 e. The van der Waals surface area contributed by atoms with Crippen LogP contribution < -0.4 is 10.3 Å². The maximum atomic E-state index is 12.5. The average Bonchev–Trinajstić information content (AvgIpc) is 2.55. The molecule has 0 saturated carbocycles. The van der Waals surface area contributed by atoms with Crippen molar-refractivity contribution in [3.05, 3.63) is 40.2 Å². The number of rotatable bonds is 4. The monoisotopic (exact) mass is 311 g/mol. The fraction of sp³-hybridized carbons (Fsp3) is 0.471. The third-order valence-corrected chi connectivity index (χ3v) is 4.57. The highest BCUT2D eigenvalue weighted by Gasteiger charge is 2.14. The number of piperazine rings is 1. The van der Waals surface area contributed by atoms with Gasteiger partial charge in [0.25, 0.3) is 5.56 Å². The Bertz CT molecular complexity index is 751. The molecule has 1 saturated heterocycles. The Labute approximate surface area is 137 Å². The Balaban J connectivity index is 1.88. The zero-order valence-electron chi connectivity index (χ0n) is 13.8. The van der Waals surface area contributed by atoms with Crippen molar-refractivity contribution in [1.82, 2.24) is 14.3 Å². The predicted molar refractivity (Wildman–Crippen MR) is 93.3 cm³/mol. The second-order valence-electron chi connectivity index (χ2n) is 6.08. The summed E-state index contributed by atoms with van der Waals surface area (Å²) in [6.45, 7) is 7.13.